The molecule has 180 valence electrons. The highest BCUT2D eigenvalue weighted by Crippen LogP contribution is 2.32. The number of anilines is 2. The molecule has 0 atom stereocenters. The molecule has 1 aromatic heterocycles. The van der Waals surface area contributed by atoms with E-state index in [9.17, 15) is 4.79 Å². The number of hydrogen-bond donors (Lipinski definition) is 1. The molecular formula is C25H37N5O2S. The van der Waals surface area contributed by atoms with Crippen LogP contribution >= 0.6 is 11.9 Å². The summed E-state index contributed by atoms with van der Waals surface area (Å²) in [4.78, 5) is 22.9. The Morgan fingerprint density at radius 3 is 2.39 bits per heavy atom. The number of carbonyl (C=O) groups excluding carboxylic acids is 1. The number of rotatable bonds is 9. The van der Waals surface area contributed by atoms with Crippen LogP contribution in [0, 0.1) is 13.8 Å². The van der Waals surface area contributed by atoms with Gasteiger partial charge in [0.2, 0.25) is 5.91 Å². The molecule has 1 aromatic carbocycles. The average molecular weight is 472 g/mol. The van der Waals surface area contributed by atoms with E-state index in [0.29, 0.717) is 19.0 Å². The number of amides is 1. The summed E-state index contributed by atoms with van der Waals surface area (Å²) < 4.78 is 7.44. The smallest absolute Gasteiger partial charge is 0.225 e. The highest BCUT2D eigenvalue weighted by molar-refractivity contribution is 7.97. The molecule has 2 heterocycles. The van der Waals surface area contributed by atoms with Gasteiger partial charge in [-0.3, -0.25) is 4.79 Å². The maximum absolute atomic E-state index is 12.5. The normalized spacial score (nSPS) is 14.7. The molecule has 0 bridgehead atoms. The Kier molecular flexibility index (Phi) is 9.00. The SMILES string of the molecule is COc1cc(C)c(SN(C)CCC(=O)Nc2ccc(N3CCC(N(C)C)CC3)nc2)c(C)c1. The summed E-state index contributed by atoms with van der Waals surface area (Å²) in [5.74, 6) is 1.84. The third-order valence-electron chi connectivity index (χ3n) is 6.12. The maximum atomic E-state index is 12.5. The molecule has 8 heteroatoms. The second kappa shape index (κ2) is 11.7. The fraction of sp³-hybridized carbons (Fsp3) is 0.520. The first-order valence-corrected chi connectivity index (χ1v) is 12.3. The minimum atomic E-state index is -0.00743. The number of aryl methyl sites for hydroxylation is 2. The van der Waals surface area contributed by atoms with E-state index in [0.717, 1.165) is 43.2 Å². The highest BCUT2D eigenvalue weighted by atomic mass is 32.2. The Morgan fingerprint density at radius 1 is 1.18 bits per heavy atom. The molecule has 0 unspecified atom stereocenters. The number of pyridine rings is 1. The van der Waals surface area contributed by atoms with Crippen molar-refractivity contribution < 1.29 is 9.53 Å². The van der Waals surface area contributed by atoms with Crippen LogP contribution < -0.4 is 15.0 Å². The molecular weight excluding hydrogens is 434 g/mol. The van der Waals surface area contributed by atoms with Gasteiger partial charge in [-0.05, 0) is 95.2 Å². The van der Waals surface area contributed by atoms with Crippen LogP contribution in [0.25, 0.3) is 0 Å². The molecule has 1 saturated heterocycles. The Bertz CT molecular complexity index is 904. The quantitative estimate of drug-likeness (QED) is 0.550. The van der Waals surface area contributed by atoms with Crippen LogP contribution in [0.4, 0.5) is 11.5 Å². The molecule has 1 N–H and O–H groups in total. The van der Waals surface area contributed by atoms with Crippen LogP contribution in [-0.4, -0.2) is 74.0 Å². The molecule has 1 fully saturated rings. The lowest BCUT2D eigenvalue weighted by Gasteiger charge is -2.35. The van der Waals surface area contributed by atoms with Crippen molar-refractivity contribution in [3.05, 3.63) is 41.6 Å². The molecule has 1 aliphatic heterocycles. The Morgan fingerprint density at radius 2 is 1.85 bits per heavy atom. The molecule has 33 heavy (non-hydrogen) atoms. The van der Waals surface area contributed by atoms with Gasteiger partial charge in [-0.2, -0.15) is 0 Å². The van der Waals surface area contributed by atoms with Gasteiger partial charge in [-0.1, -0.05) is 0 Å². The van der Waals surface area contributed by atoms with Crippen LogP contribution in [0.15, 0.2) is 35.4 Å². The van der Waals surface area contributed by atoms with Crippen LogP contribution in [0.1, 0.15) is 30.4 Å². The van der Waals surface area contributed by atoms with Gasteiger partial charge in [0.05, 0.1) is 19.0 Å². The van der Waals surface area contributed by atoms with Gasteiger partial charge < -0.3 is 19.9 Å². The number of hydrogen-bond acceptors (Lipinski definition) is 7. The maximum Gasteiger partial charge on any atom is 0.225 e. The molecule has 7 nitrogen and oxygen atoms in total. The highest BCUT2D eigenvalue weighted by Gasteiger charge is 2.21. The third-order valence-corrected chi connectivity index (χ3v) is 7.44. The van der Waals surface area contributed by atoms with Gasteiger partial charge >= 0.3 is 0 Å². The predicted octanol–water partition coefficient (Wildman–Crippen LogP) is 4.21. The lowest BCUT2D eigenvalue weighted by Crippen LogP contribution is -2.42. The molecule has 3 rings (SSSR count). The van der Waals surface area contributed by atoms with Gasteiger partial charge in [0.25, 0.3) is 0 Å². The van der Waals surface area contributed by atoms with Gasteiger partial charge in [-0.25, -0.2) is 9.29 Å². The van der Waals surface area contributed by atoms with Gasteiger partial charge in [0, 0.05) is 37.0 Å². The van der Waals surface area contributed by atoms with Crippen molar-refractivity contribution in [3.63, 3.8) is 0 Å². The number of methoxy groups -OCH3 is 1. The first kappa shape index (κ1) is 25.3. The van der Waals surface area contributed by atoms with Crippen molar-refractivity contribution in [2.24, 2.45) is 0 Å². The average Bonchev–Trinajstić information content (AvgIpc) is 2.80. The van der Waals surface area contributed by atoms with Crippen LogP contribution in [-0.2, 0) is 4.79 Å². The lowest BCUT2D eigenvalue weighted by atomic mass is 10.0. The Labute approximate surface area is 202 Å². The number of ether oxygens (including phenoxy) is 1. The summed E-state index contributed by atoms with van der Waals surface area (Å²) >= 11 is 1.66. The van der Waals surface area contributed by atoms with E-state index in [4.69, 9.17) is 4.74 Å². The van der Waals surface area contributed by atoms with E-state index in [-0.39, 0.29) is 5.91 Å². The van der Waals surface area contributed by atoms with Gasteiger partial charge in [-0.15, -0.1) is 0 Å². The summed E-state index contributed by atoms with van der Waals surface area (Å²) in [6.07, 6.45) is 4.47. The first-order valence-electron chi connectivity index (χ1n) is 11.5. The molecule has 0 radical (unpaired) electrons. The molecule has 2 aromatic rings. The largest absolute Gasteiger partial charge is 0.497 e. The van der Waals surface area contributed by atoms with Crippen molar-refractivity contribution in [2.45, 2.75) is 44.0 Å². The van der Waals surface area contributed by atoms with E-state index in [1.165, 1.54) is 16.0 Å². The van der Waals surface area contributed by atoms with E-state index in [2.05, 4.69) is 52.3 Å². The zero-order valence-electron chi connectivity index (χ0n) is 20.7. The summed E-state index contributed by atoms with van der Waals surface area (Å²) in [5.41, 5.74) is 3.08. The first-order chi connectivity index (χ1) is 15.8. The number of nitrogens with one attached hydrogen (secondary N) is 1. The standard InChI is InChI=1S/C25H37N5O2S/c1-18-15-22(32-6)16-19(2)25(18)33-29(5)12-11-24(31)27-20-7-8-23(26-17-20)30-13-9-21(10-14-30)28(3)4/h7-8,15-17,21H,9-14H2,1-6H3,(H,27,31). The van der Waals surface area contributed by atoms with Crippen molar-refractivity contribution in [1.29, 1.82) is 0 Å². The number of carbonyl (C=O) groups is 1. The van der Waals surface area contributed by atoms with Crippen molar-refractivity contribution in [3.8, 4) is 5.75 Å². The topological polar surface area (TPSA) is 60.9 Å². The van der Waals surface area contributed by atoms with Crippen LogP contribution in [0.2, 0.25) is 0 Å². The van der Waals surface area contributed by atoms with Crippen LogP contribution in [0.3, 0.4) is 0 Å². The number of benzene rings is 1. The van der Waals surface area contributed by atoms with Crippen molar-refractivity contribution in [1.82, 2.24) is 14.2 Å². The van der Waals surface area contributed by atoms with E-state index in [1.807, 2.05) is 31.3 Å². The second-order valence-corrected chi connectivity index (χ2v) is 10.1. The summed E-state index contributed by atoms with van der Waals surface area (Å²) in [7, 11) is 7.99. The molecule has 0 saturated carbocycles. The predicted molar refractivity (Wildman–Crippen MR) is 137 cm³/mol. The third kappa shape index (κ3) is 7.09. The molecule has 1 aliphatic rings. The van der Waals surface area contributed by atoms with E-state index >= 15 is 0 Å². The Hall–Kier alpha value is -2.29. The number of aromatic nitrogens is 1. The summed E-state index contributed by atoms with van der Waals surface area (Å²) in [6.45, 7) is 6.84. The lowest BCUT2D eigenvalue weighted by molar-refractivity contribution is -0.116. The second-order valence-electron chi connectivity index (χ2n) is 8.92. The van der Waals surface area contributed by atoms with Crippen molar-refractivity contribution in [2.75, 3.05) is 58.1 Å². The Balaban J connectivity index is 1.45. The zero-order valence-corrected chi connectivity index (χ0v) is 21.5. The van der Waals surface area contributed by atoms with Gasteiger partial charge in [0.1, 0.15) is 11.6 Å². The minimum absolute atomic E-state index is 0.00743. The minimum Gasteiger partial charge on any atom is -0.497 e. The van der Waals surface area contributed by atoms with Gasteiger partial charge in [0.15, 0.2) is 0 Å². The van der Waals surface area contributed by atoms with Crippen LogP contribution in [0.5, 0.6) is 5.75 Å². The molecule has 1 amide bonds. The number of nitrogens with zero attached hydrogens (tertiary/aromatic N) is 4. The fourth-order valence-corrected chi connectivity index (χ4v) is 5.01. The molecule has 0 aliphatic carbocycles. The fourth-order valence-electron chi connectivity index (χ4n) is 4.11. The number of piperidine rings is 1. The summed E-state index contributed by atoms with van der Waals surface area (Å²) in [5, 5.41) is 2.97. The summed E-state index contributed by atoms with van der Waals surface area (Å²) in [6, 6.07) is 8.67. The van der Waals surface area contributed by atoms with E-state index < -0.39 is 0 Å². The monoisotopic (exact) mass is 471 g/mol. The zero-order chi connectivity index (χ0) is 24.0. The van der Waals surface area contributed by atoms with Crippen molar-refractivity contribution >= 4 is 29.4 Å². The molecule has 0 spiro atoms. The van der Waals surface area contributed by atoms with E-state index in [1.54, 1.807) is 25.3 Å².